The van der Waals surface area contributed by atoms with Gasteiger partial charge >= 0.3 is 11.9 Å². The molecule has 0 rings (SSSR count). The lowest BCUT2D eigenvalue weighted by atomic mass is 10.2. The highest BCUT2D eigenvalue weighted by Crippen LogP contribution is 2.20. The molecule has 0 heterocycles. The molecule has 0 aliphatic rings. The molecule has 0 atom stereocenters. The van der Waals surface area contributed by atoms with E-state index in [0.717, 1.165) is 44.6 Å². The van der Waals surface area contributed by atoms with Gasteiger partial charge in [0.1, 0.15) is 0 Å². The van der Waals surface area contributed by atoms with Crippen molar-refractivity contribution < 1.29 is 24.2 Å². The van der Waals surface area contributed by atoms with E-state index in [1.54, 1.807) is 0 Å². The number of hydrogen-bond donors (Lipinski definition) is 2. The highest BCUT2D eigenvalue weighted by atomic mass is 33.1. The molecule has 0 aromatic carbocycles. The summed E-state index contributed by atoms with van der Waals surface area (Å²) in [6.45, 7) is 9.35. The quantitative estimate of drug-likeness (QED) is 0.130. The number of carbonyl (C=O) groups excluding carboxylic acids is 2. The van der Waals surface area contributed by atoms with Crippen LogP contribution in [-0.4, -0.2) is 86.0 Å². The molecule has 31 heavy (non-hydrogen) atoms. The van der Waals surface area contributed by atoms with Crippen molar-refractivity contribution >= 4 is 33.5 Å². The number of rotatable bonds is 23. The van der Waals surface area contributed by atoms with Gasteiger partial charge in [0, 0.05) is 37.7 Å². The largest absolute Gasteiger partial charge is 0.466 e. The molecule has 0 aromatic rings. The lowest BCUT2D eigenvalue weighted by Crippen LogP contribution is -2.27. The molecule has 0 aliphatic heterocycles. The van der Waals surface area contributed by atoms with Crippen LogP contribution in [0, 0.1) is 0 Å². The maximum atomic E-state index is 11.8. The second kappa shape index (κ2) is 24.2. The van der Waals surface area contributed by atoms with Crippen molar-refractivity contribution in [3.63, 3.8) is 0 Å². The maximum Gasteiger partial charge on any atom is 0.307 e. The van der Waals surface area contributed by atoms with E-state index >= 15 is 0 Å². The zero-order valence-corrected chi connectivity index (χ0v) is 21.2. The molecular weight excluding hydrogens is 436 g/mol. The Morgan fingerprint density at radius 2 is 1.52 bits per heavy atom. The number of aliphatic hydroxyl groups excluding tert-OH is 1. The summed E-state index contributed by atoms with van der Waals surface area (Å²) >= 11 is 0. The fraction of sp³-hybridized carbons (Fsp3) is 0.909. The van der Waals surface area contributed by atoms with Crippen LogP contribution < -0.4 is 5.32 Å². The molecule has 0 spiro atoms. The fourth-order valence-electron chi connectivity index (χ4n) is 2.65. The van der Waals surface area contributed by atoms with Crippen molar-refractivity contribution in [1.29, 1.82) is 0 Å². The Hall–Kier alpha value is -0.480. The summed E-state index contributed by atoms with van der Waals surface area (Å²) in [5, 5.41) is 12.1. The van der Waals surface area contributed by atoms with Gasteiger partial charge in [0.25, 0.3) is 0 Å². The molecule has 7 nitrogen and oxygen atoms in total. The number of ether oxygens (including phenoxy) is 2. The van der Waals surface area contributed by atoms with E-state index < -0.39 is 0 Å². The second-order valence-corrected chi connectivity index (χ2v) is 9.96. The lowest BCUT2D eigenvalue weighted by molar-refractivity contribution is -0.146. The van der Waals surface area contributed by atoms with Crippen LogP contribution in [0.15, 0.2) is 0 Å². The third-order valence-electron chi connectivity index (χ3n) is 4.52. The molecule has 9 heteroatoms. The molecule has 0 radical (unpaired) electrons. The molecule has 0 saturated heterocycles. The van der Waals surface area contributed by atoms with E-state index in [1.165, 1.54) is 12.2 Å². The van der Waals surface area contributed by atoms with E-state index in [2.05, 4.69) is 24.1 Å². The third-order valence-corrected chi connectivity index (χ3v) is 7.13. The average Bonchev–Trinajstić information content (AvgIpc) is 2.77. The summed E-state index contributed by atoms with van der Waals surface area (Å²) < 4.78 is 10.5. The first kappa shape index (κ1) is 30.5. The average molecular weight is 481 g/mol. The van der Waals surface area contributed by atoms with Crippen LogP contribution in [0.5, 0.6) is 0 Å². The predicted molar refractivity (Wildman–Crippen MR) is 132 cm³/mol. The monoisotopic (exact) mass is 480 g/mol. The summed E-state index contributed by atoms with van der Waals surface area (Å²) in [5.74, 6) is 1.86. The predicted octanol–water partition coefficient (Wildman–Crippen LogP) is 3.50. The molecule has 0 amide bonds. The van der Waals surface area contributed by atoms with Gasteiger partial charge in [-0.2, -0.15) is 0 Å². The van der Waals surface area contributed by atoms with Gasteiger partial charge in [0.2, 0.25) is 0 Å². The van der Waals surface area contributed by atoms with Crippen molar-refractivity contribution in [3.05, 3.63) is 0 Å². The highest BCUT2D eigenvalue weighted by Gasteiger charge is 2.08. The van der Waals surface area contributed by atoms with E-state index in [1.807, 2.05) is 21.6 Å². The number of hydrogen-bond acceptors (Lipinski definition) is 9. The van der Waals surface area contributed by atoms with Crippen LogP contribution in [0.2, 0.25) is 0 Å². The zero-order valence-electron chi connectivity index (χ0n) is 19.6. The van der Waals surface area contributed by atoms with Crippen molar-refractivity contribution in [2.45, 2.75) is 65.2 Å². The fourth-order valence-corrected chi connectivity index (χ4v) is 4.74. The SMILES string of the molecule is CCCSSCCNCCC(=O)OCCCCOC(=O)CCN(CC)CCCCCO. The minimum absolute atomic E-state index is 0.178. The molecule has 0 aliphatic carbocycles. The number of aliphatic hydroxyl groups is 1. The summed E-state index contributed by atoms with van der Waals surface area (Å²) in [7, 11) is 3.75. The molecule has 0 bridgehead atoms. The summed E-state index contributed by atoms with van der Waals surface area (Å²) in [6, 6.07) is 0. The second-order valence-electron chi connectivity index (χ2n) is 7.26. The standard InChI is InChI=1S/C22H44N2O5S2/c1-3-19-30-31-20-13-23-12-10-21(26)28-17-8-9-18-29-22(27)11-15-24(4-2)14-6-5-7-16-25/h23,25H,3-20H2,1-2H3. The van der Waals surface area contributed by atoms with Gasteiger partial charge in [0.15, 0.2) is 0 Å². The Bertz CT molecular complexity index is 431. The zero-order chi connectivity index (χ0) is 23.0. The van der Waals surface area contributed by atoms with Crippen molar-refractivity contribution in [3.8, 4) is 0 Å². The number of carbonyl (C=O) groups is 2. The van der Waals surface area contributed by atoms with E-state index in [4.69, 9.17) is 14.6 Å². The number of unbranched alkanes of at least 4 members (excludes halogenated alkanes) is 3. The van der Waals surface area contributed by atoms with Gasteiger partial charge in [-0.1, -0.05) is 35.4 Å². The number of nitrogens with one attached hydrogen (secondary N) is 1. The van der Waals surface area contributed by atoms with Crippen LogP contribution >= 0.6 is 21.6 Å². The van der Waals surface area contributed by atoms with Crippen molar-refractivity contribution in [2.75, 3.05) is 64.1 Å². The number of nitrogens with zero attached hydrogens (tertiary/aromatic N) is 1. The van der Waals surface area contributed by atoms with Gasteiger partial charge in [-0.05, 0) is 51.6 Å². The third kappa shape index (κ3) is 22.5. The van der Waals surface area contributed by atoms with Crippen molar-refractivity contribution in [1.82, 2.24) is 10.2 Å². The van der Waals surface area contributed by atoms with Gasteiger partial charge in [-0.25, -0.2) is 0 Å². The first-order valence-corrected chi connectivity index (χ1v) is 14.2. The summed E-state index contributed by atoms with van der Waals surface area (Å²) in [6.07, 6.45) is 6.26. The van der Waals surface area contributed by atoms with E-state index in [0.29, 0.717) is 52.0 Å². The van der Waals surface area contributed by atoms with Crippen LogP contribution in [-0.2, 0) is 19.1 Å². The number of esters is 2. The summed E-state index contributed by atoms with van der Waals surface area (Å²) in [5.41, 5.74) is 0. The van der Waals surface area contributed by atoms with Crippen LogP contribution in [0.3, 0.4) is 0 Å². The molecule has 2 N–H and O–H groups in total. The molecular formula is C22H44N2O5S2. The Labute approximate surface area is 197 Å². The molecule has 184 valence electrons. The van der Waals surface area contributed by atoms with E-state index in [-0.39, 0.29) is 18.5 Å². The van der Waals surface area contributed by atoms with Crippen LogP contribution in [0.25, 0.3) is 0 Å². The highest BCUT2D eigenvalue weighted by molar-refractivity contribution is 8.76. The van der Waals surface area contributed by atoms with Gasteiger partial charge < -0.3 is 24.8 Å². The minimum Gasteiger partial charge on any atom is -0.466 e. The molecule has 0 unspecified atom stereocenters. The maximum absolute atomic E-state index is 11.8. The van der Waals surface area contributed by atoms with Crippen molar-refractivity contribution in [2.24, 2.45) is 0 Å². The molecule has 0 fully saturated rings. The first-order chi connectivity index (χ1) is 15.1. The lowest BCUT2D eigenvalue weighted by Gasteiger charge is -2.19. The van der Waals surface area contributed by atoms with Crippen LogP contribution in [0.4, 0.5) is 0 Å². The Morgan fingerprint density at radius 1 is 0.839 bits per heavy atom. The summed E-state index contributed by atoms with van der Waals surface area (Å²) in [4.78, 5) is 25.8. The van der Waals surface area contributed by atoms with Gasteiger partial charge in [-0.3, -0.25) is 9.59 Å². The molecule has 0 saturated carbocycles. The smallest absolute Gasteiger partial charge is 0.307 e. The van der Waals surface area contributed by atoms with Gasteiger partial charge in [-0.15, -0.1) is 0 Å². The molecule has 0 aromatic heterocycles. The van der Waals surface area contributed by atoms with E-state index in [9.17, 15) is 9.59 Å². The van der Waals surface area contributed by atoms with Crippen LogP contribution in [0.1, 0.15) is 65.2 Å². The Balaban J connectivity index is 3.48. The normalized spacial score (nSPS) is 11.1. The van der Waals surface area contributed by atoms with Gasteiger partial charge in [0.05, 0.1) is 26.1 Å². The Kier molecular flexibility index (Phi) is 23.8. The Morgan fingerprint density at radius 3 is 2.16 bits per heavy atom. The minimum atomic E-state index is -0.184. The first-order valence-electron chi connectivity index (χ1n) is 11.7. The topological polar surface area (TPSA) is 88.1 Å².